The summed E-state index contributed by atoms with van der Waals surface area (Å²) >= 11 is 0. The van der Waals surface area contributed by atoms with Crippen LogP contribution < -0.4 is 16.0 Å². The van der Waals surface area contributed by atoms with E-state index in [0.29, 0.717) is 30.4 Å². The second kappa shape index (κ2) is 8.65. The van der Waals surface area contributed by atoms with Gasteiger partial charge < -0.3 is 25.8 Å². The Bertz CT molecular complexity index is 1360. The molecule has 1 saturated heterocycles. The van der Waals surface area contributed by atoms with E-state index in [-0.39, 0.29) is 18.5 Å². The van der Waals surface area contributed by atoms with Gasteiger partial charge >= 0.3 is 6.18 Å². The molecule has 4 heterocycles. The zero-order valence-electron chi connectivity index (χ0n) is 20.3. The molecular weight excluding hydrogens is 481 g/mol. The zero-order valence-corrected chi connectivity index (χ0v) is 20.3. The van der Waals surface area contributed by atoms with E-state index in [9.17, 15) is 18.0 Å². The predicted octanol–water partition coefficient (Wildman–Crippen LogP) is 2.94. The fourth-order valence-electron chi connectivity index (χ4n) is 5.61. The molecule has 0 bridgehead atoms. The van der Waals surface area contributed by atoms with Gasteiger partial charge in [0.2, 0.25) is 5.91 Å². The van der Waals surface area contributed by atoms with E-state index < -0.39 is 11.7 Å². The number of rotatable bonds is 4. The van der Waals surface area contributed by atoms with Crippen molar-refractivity contribution in [3.8, 4) is 0 Å². The van der Waals surface area contributed by atoms with E-state index in [0.717, 1.165) is 53.2 Å². The molecule has 1 atom stereocenters. The molecule has 0 radical (unpaired) electrons. The second-order valence-corrected chi connectivity index (χ2v) is 10.0. The first kappa shape index (κ1) is 23.6. The lowest BCUT2D eigenvalue weighted by Gasteiger charge is -2.44. The Kier molecular flexibility index (Phi) is 5.52. The Morgan fingerprint density at radius 1 is 1.19 bits per heavy atom. The average Bonchev–Trinajstić information content (AvgIpc) is 3.44. The number of aliphatic imine (C=N–C) groups is 1. The first-order valence-electron chi connectivity index (χ1n) is 12.2. The molecule has 10 heteroatoms. The number of hydrogen-bond donors (Lipinski definition) is 2. The minimum atomic E-state index is -4.44. The van der Waals surface area contributed by atoms with Crippen molar-refractivity contribution in [1.82, 2.24) is 15.1 Å². The summed E-state index contributed by atoms with van der Waals surface area (Å²) in [5.41, 5.74) is 10.8. The molecule has 2 aromatic rings. The van der Waals surface area contributed by atoms with Crippen LogP contribution in [0.2, 0.25) is 0 Å². The maximum atomic E-state index is 13.1. The number of likely N-dealkylation sites (tertiary alicyclic amines) is 1. The normalized spacial score (nSPS) is 21.5. The number of benzene rings is 2. The van der Waals surface area contributed by atoms with Crippen molar-refractivity contribution < 1.29 is 18.0 Å². The van der Waals surface area contributed by atoms with Crippen LogP contribution in [0.4, 0.5) is 18.9 Å². The van der Waals surface area contributed by atoms with E-state index in [1.165, 1.54) is 6.07 Å². The fraction of sp³-hybridized carbons (Fsp3) is 0.333. The molecule has 6 rings (SSSR count). The maximum Gasteiger partial charge on any atom is 0.416 e. The molecule has 3 N–H and O–H groups in total. The molecule has 1 fully saturated rings. The van der Waals surface area contributed by atoms with E-state index in [4.69, 9.17) is 5.73 Å². The number of alkyl halides is 3. The number of likely N-dealkylation sites (N-methyl/N-ethyl adjacent to an activating group) is 1. The molecule has 0 saturated carbocycles. The minimum absolute atomic E-state index is 0.0875. The van der Waals surface area contributed by atoms with Gasteiger partial charge in [-0.1, -0.05) is 24.3 Å². The van der Waals surface area contributed by atoms with Gasteiger partial charge in [0.15, 0.2) is 6.17 Å². The van der Waals surface area contributed by atoms with Crippen molar-refractivity contribution in [3.05, 3.63) is 82.3 Å². The van der Waals surface area contributed by atoms with Crippen molar-refractivity contribution >= 4 is 23.5 Å². The number of anilines is 1. The Balaban J connectivity index is 1.25. The molecule has 1 amide bonds. The number of nitrogens with one attached hydrogen (secondary N) is 1. The van der Waals surface area contributed by atoms with Gasteiger partial charge in [-0.05, 0) is 48.4 Å². The molecule has 0 spiro atoms. The van der Waals surface area contributed by atoms with Crippen LogP contribution >= 0.6 is 0 Å². The second-order valence-electron chi connectivity index (χ2n) is 10.0. The minimum Gasteiger partial charge on any atom is -0.385 e. The highest BCUT2D eigenvalue weighted by molar-refractivity contribution is 5.97. The van der Waals surface area contributed by atoms with Crippen molar-refractivity contribution in [1.29, 1.82) is 0 Å². The third-order valence-electron chi connectivity index (χ3n) is 7.50. The largest absolute Gasteiger partial charge is 0.416 e. The smallest absolute Gasteiger partial charge is 0.385 e. The van der Waals surface area contributed by atoms with Crippen molar-refractivity contribution in [2.45, 2.75) is 31.2 Å². The van der Waals surface area contributed by atoms with Gasteiger partial charge in [-0.15, -0.1) is 0 Å². The molecule has 0 aromatic heterocycles. The summed E-state index contributed by atoms with van der Waals surface area (Å²) in [7, 11) is 2.09. The standard InChI is InChI=1S/C27H27F3N6O/c1-34-12-20(13-34)36-14-21(24-25(31)32-15-33-26(24)36)17-5-6-22-18(11-17)7-8-35(22)23(37)10-16-3-2-4-19(9-16)27(28,29)30/h2-6,9,11,14-15,20,26H,7-8,10,12-13,31H2,1H3,(H,32,33). The van der Waals surface area contributed by atoms with Crippen molar-refractivity contribution in [3.63, 3.8) is 0 Å². The van der Waals surface area contributed by atoms with Crippen LogP contribution in [-0.2, 0) is 23.8 Å². The van der Waals surface area contributed by atoms with Crippen LogP contribution in [0.15, 0.2) is 65.1 Å². The van der Waals surface area contributed by atoms with Gasteiger partial charge in [-0.3, -0.25) is 4.79 Å². The summed E-state index contributed by atoms with van der Waals surface area (Å²) in [5.74, 6) is 0.365. The summed E-state index contributed by atoms with van der Waals surface area (Å²) in [4.78, 5) is 23.9. The predicted molar refractivity (Wildman–Crippen MR) is 135 cm³/mol. The lowest BCUT2D eigenvalue weighted by Crippen LogP contribution is -2.58. The van der Waals surface area contributed by atoms with E-state index >= 15 is 0 Å². The van der Waals surface area contributed by atoms with Gasteiger partial charge in [-0.25, -0.2) is 4.99 Å². The maximum absolute atomic E-state index is 13.1. The zero-order chi connectivity index (χ0) is 25.9. The summed E-state index contributed by atoms with van der Waals surface area (Å²) in [6.45, 7) is 2.42. The lowest BCUT2D eigenvalue weighted by atomic mass is 9.96. The third-order valence-corrected chi connectivity index (χ3v) is 7.50. The summed E-state index contributed by atoms with van der Waals surface area (Å²) < 4.78 is 39.2. The molecule has 4 aliphatic rings. The van der Waals surface area contributed by atoms with Crippen LogP contribution in [-0.4, -0.2) is 60.9 Å². The van der Waals surface area contributed by atoms with Crippen LogP contribution in [0, 0.1) is 0 Å². The average molecular weight is 509 g/mol. The quantitative estimate of drug-likeness (QED) is 0.664. The highest BCUT2D eigenvalue weighted by Crippen LogP contribution is 2.41. The number of nitrogens with two attached hydrogens (primary N) is 1. The Morgan fingerprint density at radius 3 is 2.76 bits per heavy atom. The molecule has 192 valence electrons. The van der Waals surface area contributed by atoms with E-state index in [2.05, 4.69) is 39.4 Å². The van der Waals surface area contributed by atoms with Crippen LogP contribution in [0.3, 0.4) is 0 Å². The number of halogens is 3. The molecule has 4 aliphatic heterocycles. The summed E-state index contributed by atoms with van der Waals surface area (Å²) in [6, 6.07) is 11.3. The van der Waals surface area contributed by atoms with E-state index in [1.54, 1.807) is 17.3 Å². The van der Waals surface area contributed by atoms with Gasteiger partial charge in [0.05, 0.1) is 24.4 Å². The summed E-state index contributed by atoms with van der Waals surface area (Å²) in [5, 5.41) is 3.03. The number of amides is 1. The Morgan fingerprint density at radius 2 is 2.00 bits per heavy atom. The van der Waals surface area contributed by atoms with E-state index in [1.807, 2.05) is 12.1 Å². The molecular formula is C27H27F3N6O. The molecule has 37 heavy (non-hydrogen) atoms. The first-order chi connectivity index (χ1) is 17.7. The Hall–Kier alpha value is -3.79. The number of carbonyl (C=O) groups excluding carboxylic acids is 1. The van der Waals surface area contributed by atoms with Crippen LogP contribution in [0.1, 0.15) is 22.3 Å². The number of nitrogens with zero attached hydrogens (tertiary/aromatic N) is 4. The fourth-order valence-corrected chi connectivity index (χ4v) is 5.61. The molecule has 7 nitrogen and oxygen atoms in total. The third kappa shape index (κ3) is 4.15. The highest BCUT2D eigenvalue weighted by Gasteiger charge is 2.41. The first-order valence-corrected chi connectivity index (χ1v) is 12.2. The lowest BCUT2D eigenvalue weighted by molar-refractivity contribution is -0.137. The SMILES string of the molecule is CN1CC(N2C=C(c3ccc4c(c3)CCN4C(=O)Cc3cccc(C(F)(F)F)c3)C3=C(N)NC=NC32)C1. The molecule has 0 aliphatic carbocycles. The molecule has 2 aromatic carbocycles. The van der Waals surface area contributed by atoms with Crippen LogP contribution in [0.5, 0.6) is 0 Å². The van der Waals surface area contributed by atoms with Gasteiger partial charge in [0.25, 0.3) is 0 Å². The van der Waals surface area contributed by atoms with Crippen LogP contribution in [0.25, 0.3) is 5.57 Å². The van der Waals surface area contributed by atoms with Gasteiger partial charge in [0.1, 0.15) is 5.82 Å². The van der Waals surface area contributed by atoms with Gasteiger partial charge in [0, 0.05) is 42.7 Å². The highest BCUT2D eigenvalue weighted by atomic mass is 19.4. The number of carbonyl (C=O) groups is 1. The summed E-state index contributed by atoms with van der Waals surface area (Å²) in [6.07, 6.45) is -0.222. The molecule has 1 unspecified atom stereocenters. The monoisotopic (exact) mass is 508 g/mol. The van der Waals surface area contributed by atoms with Crippen molar-refractivity contribution in [2.24, 2.45) is 10.7 Å². The van der Waals surface area contributed by atoms with Crippen molar-refractivity contribution in [2.75, 3.05) is 31.6 Å². The van der Waals surface area contributed by atoms with Gasteiger partial charge in [-0.2, -0.15) is 13.2 Å². The number of hydrogen-bond acceptors (Lipinski definition) is 6. The number of fused-ring (bicyclic) bond motifs is 2. The Labute approximate surface area is 212 Å². The topological polar surface area (TPSA) is 77.2 Å².